The van der Waals surface area contributed by atoms with Crippen molar-refractivity contribution in [1.82, 2.24) is 19.4 Å². The van der Waals surface area contributed by atoms with Crippen molar-refractivity contribution in [2.45, 2.75) is 12.8 Å². The summed E-state index contributed by atoms with van der Waals surface area (Å²) in [4.78, 5) is 10.6. The van der Waals surface area contributed by atoms with E-state index in [1.54, 1.807) is 18.6 Å². The number of nitrogens with one attached hydrogen (secondary N) is 1. The summed E-state index contributed by atoms with van der Waals surface area (Å²) in [6, 6.07) is 4.57. The normalized spacial score (nSPS) is 15.5. The highest BCUT2D eigenvalue weighted by Crippen LogP contribution is 2.32. The van der Waals surface area contributed by atoms with Crippen LogP contribution in [-0.4, -0.2) is 39.1 Å². The summed E-state index contributed by atoms with van der Waals surface area (Å²) in [5.41, 5.74) is 2.10. The van der Waals surface area contributed by atoms with Gasteiger partial charge < -0.3 is 14.8 Å². The molecule has 130 valence electrons. The van der Waals surface area contributed by atoms with Gasteiger partial charge in [0.05, 0.1) is 18.0 Å². The number of likely N-dealkylation sites (tertiary alicyclic amines) is 1. The lowest BCUT2D eigenvalue weighted by molar-refractivity contribution is 0.157. The molecule has 0 unspecified atom stereocenters. The smallest absolute Gasteiger partial charge is 0.149 e. The minimum Gasteiger partial charge on any atom is -0.335 e. The number of anilines is 2. The van der Waals surface area contributed by atoms with E-state index >= 15 is 0 Å². The zero-order valence-corrected chi connectivity index (χ0v) is 14.1. The largest absolute Gasteiger partial charge is 0.335 e. The van der Waals surface area contributed by atoms with Crippen molar-refractivity contribution in [1.29, 1.82) is 0 Å². The number of aromatic nitrogens is 3. The zero-order chi connectivity index (χ0) is 17.6. The van der Waals surface area contributed by atoms with E-state index in [4.69, 9.17) is 0 Å². The Bertz CT molecular complexity index is 907. The second-order valence-corrected chi connectivity index (χ2v) is 6.45. The second kappa shape index (κ2) is 6.07. The minimum absolute atomic E-state index is 0.176. The Hall–Kier alpha value is -2.54. The maximum absolute atomic E-state index is 14.5. The van der Waals surface area contributed by atoms with Crippen LogP contribution in [-0.2, 0) is 7.05 Å². The number of hydrogen-bond donors (Lipinski definition) is 1. The highest BCUT2D eigenvalue weighted by atomic mass is 19.1. The lowest BCUT2D eigenvalue weighted by atomic mass is 9.91. The molecule has 0 spiro atoms. The second-order valence-electron chi connectivity index (χ2n) is 6.45. The van der Waals surface area contributed by atoms with Crippen molar-refractivity contribution in [3.05, 3.63) is 47.9 Å². The van der Waals surface area contributed by atoms with Crippen molar-refractivity contribution in [3.8, 4) is 0 Å². The molecule has 1 aliphatic heterocycles. The average molecular weight is 343 g/mol. The number of hydrogen-bond acceptors (Lipinski definition) is 4. The molecule has 0 aliphatic carbocycles. The molecule has 25 heavy (non-hydrogen) atoms. The predicted octanol–water partition coefficient (Wildman–Crippen LogP) is 3.41. The summed E-state index contributed by atoms with van der Waals surface area (Å²) < 4.78 is 30.8. The number of pyridine rings is 1. The number of likely N-dealkylation sites (N-methyl/N-ethyl adjacent to an activating group) is 1. The summed E-state index contributed by atoms with van der Waals surface area (Å²) in [7, 11) is 1.85. The number of nitrogens with zero attached hydrogens (tertiary/aromatic N) is 4. The number of aryl methyl sites for hydroxylation is 1. The van der Waals surface area contributed by atoms with Gasteiger partial charge in [-0.2, -0.15) is 0 Å². The molecule has 2 aromatic heterocycles. The lowest BCUT2D eigenvalue weighted by Crippen LogP contribution is -2.44. The van der Waals surface area contributed by atoms with Crippen LogP contribution in [0.15, 0.2) is 30.7 Å². The van der Waals surface area contributed by atoms with Gasteiger partial charge in [-0.25, -0.2) is 18.7 Å². The quantitative estimate of drug-likeness (QED) is 0.789. The highest BCUT2D eigenvalue weighted by Gasteiger charge is 2.28. The van der Waals surface area contributed by atoms with Crippen molar-refractivity contribution in [2.75, 3.05) is 25.0 Å². The topological polar surface area (TPSA) is 46.0 Å². The summed E-state index contributed by atoms with van der Waals surface area (Å²) in [6.07, 6.45) is 3.25. The van der Waals surface area contributed by atoms with E-state index in [0.717, 1.165) is 30.7 Å². The number of imidazole rings is 1. The van der Waals surface area contributed by atoms with Crippen molar-refractivity contribution < 1.29 is 8.78 Å². The molecule has 1 aliphatic rings. The van der Waals surface area contributed by atoms with Crippen LogP contribution in [0.2, 0.25) is 0 Å². The van der Waals surface area contributed by atoms with Gasteiger partial charge in [0.25, 0.3) is 0 Å². The molecule has 1 N–H and O–H groups in total. The summed E-state index contributed by atoms with van der Waals surface area (Å²) in [6.45, 7) is 4.74. The monoisotopic (exact) mass is 343 g/mol. The first kappa shape index (κ1) is 16.0. The molecule has 1 aromatic carbocycles. The fourth-order valence-corrected chi connectivity index (χ4v) is 3.21. The summed E-state index contributed by atoms with van der Waals surface area (Å²) >= 11 is 0. The number of benzene rings is 1. The summed E-state index contributed by atoms with van der Waals surface area (Å²) in [5.74, 6) is -0.627. The molecule has 1 saturated heterocycles. The first-order chi connectivity index (χ1) is 12.0. The van der Waals surface area contributed by atoms with Gasteiger partial charge in [0, 0.05) is 32.1 Å². The Labute approximate surface area is 144 Å². The third-order valence-electron chi connectivity index (χ3n) is 4.81. The Morgan fingerprint density at radius 1 is 1.16 bits per heavy atom. The lowest BCUT2D eigenvalue weighted by Gasteiger charge is -2.38. The van der Waals surface area contributed by atoms with Crippen LogP contribution >= 0.6 is 0 Å². The standard InChI is InChI=1S/C18H19F2N5/c1-3-25-8-12(9-25)11-4-13(19)18(14(20)5-11)23-17-6-16-15(7-21-17)22-10-24(16)2/h4-7,10,12H,3,8-9H2,1-2H3,(H,21,23). The maximum Gasteiger partial charge on any atom is 0.149 e. The van der Waals surface area contributed by atoms with E-state index < -0.39 is 11.6 Å². The molecule has 0 atom stereocenters. The van der Waals surface area contributed by atoms with E-state index in [2.05, 4.69) is 27.1 Å². The predicted molar refractivity (Wildman–Crippen MR) is 93.0 cm³/mol. The number of fused-ring (bicyclic) bond motifs is 1. The Morgan fingerprint density at radius 3 is 2.56 bits per heavy atom. The molecule has 0 amide bonds. The van der Waals surface area contributed by atoms with Crippen LogP contribution in [0.25, 0.3) is 11.0 Å². The third-order valence-corrected chi connectivity index (χ3v) is 4.81. The Morgan fingerprint density at radius 2 is 1.88 bits per heavy atom. The highest BCUT2D eigenvalue weighted by molar-refractivity contribution is 5.78. The van der Waals surface area contributed by atoms with Crippen LogP contribution in [0.4, 0.5) is 20.3 Å². The van der Waals surface area contributed by atoms with Crippen molar-refractivity contribution >= 4 is 22.5 Å². The Balaban J connectivity index is 1.60. The molecule has 3 heterocycles. The maximum atomic E-state index is 14.5. The van der Waals surface area contributed by atoms with Gasteiger partial charge in [-0.15, -0.1) is 0 Å². The van der Waals surface area contributed by atoms with Crippen LogP contribution in [0.3, 0.4) is 0 Å². The van der Waals surface area contributed by atoms with E-state index in [-0.39, 0.29) is 11.6 Å². The van der Waals surface area contributed by atoms with E-state index in [1.807, 2.05) is 11.6 Å². The van der Waals surface area contributed by atoms with Gasteiger partial charge >= 0.3 is 0 Å². The molecule has 1 fully saturated rings. The summed E-state index contributed by atoms with van der Waals surface area (Å²) in [5, 5.41) is 2.76. The van der Waals surface area contributed by atoms with Crippen LogP contribution in [0.1, 0.15) is 18.4 Å². The third kappa shape index (κ3) is 2.84. The van der Waals surface area contributed by atoms with E-state index in [9.17, 15) is 8.78 Å². The molecule has 7 heteroatoms. The number of rotatable bonds is 4. The van der Waals surface area contributed by atoms with Crippen molar-refractivity contribution in [2.24, 2.45) is 7.05 Å². The zero-order valence-electron chi connectivity index (χ0n) is 14.1. The fourth-order valence-electron chi connectivity index (χ4n) is 3.21. The molecule has 5 nitrogen and oxygen atoms in total. The first-order valence-corrected chi connectivity index (χ1v) is 8.30. The molecule has 0 saturated carbocycles. The average Bonchev–Trinajstić information content (AvgIpc) is 2.91. The Kier molecular flexibility index (Phi) is 3.88. The molecule has 4 rings (SSSR count). The molecule has 0 radical (unpaired) electrons. The minimum atomic E-state index is -0.600. The van der Waals surface area contributed by atoms with Gasteiger partial charge in [0.15, 0.2) is 0 Å². The van der Waals surface area contributed by atoms with Gasteiger partial charge in [-0.05, 0) is 24.2 Å². The van der Waals surface area contributed by atoms with Gasteiger partial charge in [0.2, 0.25) is 0 Å². The molecule has 0 bridgehead atoms. The molecular formula is C18H19F2N5. The molecular weight excluding hydrogens is 324 g/mol. The SMILES string of the molecule is CCN1CC(c2cc(F)c(Nc3cc4c(cn3)ncn4C)c(F)c2)C1. The van der Waals surface area contributed by atoms with Crippen LogP contribution in [0, 0.1) is 11.6 Å². The van der Waals surface area contributed by atoms with E-state index in [0.29, 0.717) is 11.4 Å². The van der Waals surface area contributed by atoms with Crippen LogP contribution in [0.5, 0.6) is 0 Å². The molecule has 3 aromatic rings. The van der Waals surface area contributed by atoms with Crippen LogP contribution < -0.4 is 5.32 Å². The van der Waals surface area contributed by atoms with Crippen molar-refractivity contribution in [3.63, 3.8) is 0 Å². The first-order valence-electron chi connectivity index (χ1n) is 8.30. The fraction of sp³-hybridized carbons (Fsp3) is 0.333. The van der Waals surface area contributed by atoms with Gasteiger partial charge in [0.1, 0.15) is 28.7 Å². The van der Waals surface area contributed by atoms with Gasteiger partial charge in [-0.3, -0.25) is 0 Å². The van der Waals surface area contributed by atoms with Gasteiger partial charge in [-0.1, -0.05) is 6.92 Å². The number of halogens is 2. The van der Waals surface area contributed by atoms with E-state index in [1.165, 1.54) is 12.1 Å².